The normalized spacial score (nSPS) is 11.7. The van der Waals surface area contributed by atoms with Gasteiger partial charge in [0.15, 0.2) is 0 Å². The van der Waals surface area contributed by atoms with Crippen molar-refractivity contribution >= 4 is 17.5 Å². The number of amides is 2. The molecule has 1 aromatic carbocycles. The van der Waals surface area contributed by atoms with Crippen molar-refractivity contribution in [2.24, 2.45) is 5.73 Å². The van der Waals surface area contributed by atoms with Gasteiger partial charge in [-0.3, -0.25) is 9.59 Å². The van der Waals surface area contributed by atoms with E-state index >= 15 is 0 Å². The van der Waals surface area contributed by atoms with E-state index < -0.39 is 6.04 Å². The van der Waals surface area contributed by atoms with Gasteiger partial charge in [-0.25, -0.2) is 0 Å². The highest BCUT2D eigenvalue weighted by molar-refractivity contribution is 5.96. The van der Waals surface area contributed by atoms with Gasteiger partial charge in [0.2, 0.25) is 11.8 Å². The van der Waals surface area contributed by atoms with E-state index in [-0.39, 0.29) is 18.4 Å². The molecule has 6 heteroatoms. The van der Waals surface area contributed by atoms with E-state index in [1.165, 1.54) is 4.90 Å². The van der Waals surface area contributed by atoms with Gasteiger partial charge in [0, 0.05) is 6.54 Å². The van der Waals surface area contributed by atoms with Crippen LogP contribution in [0.1, 0.15) is 33.1 Å². The smallest absolute Gasteiger partial charge is 0.244 e. The lowest BCUT2D eigenvalue weighted by Crippen LogP contribution is -2.47. The SMILES string of the molecule is CCCC(N)C(=O)N(CCC)CC(=O)Nc1ccccc1OC. The summed E-state index contributed by atoms with van der Waals surface area (Å²) in [5.41, 5.74) is 6.47. The molecule has 0 aliphatic rings. The number of anilines is 1. The number of nitrogens with two attached hydrogens (primary N) is 1. The Bertz CT molecular complexity index is 520. The fraction of sp³-hybridized carbons (Fsp3) is 0.529. The average molecular weight is 321 g/mol. The van der Waals surface area contributed by atoms with Crippen molar-refractivity contribution in [1.29, 1.82) is 0 Å². The maximum Gasteiger partial charge on any atom is 0.244 e. The van der Waals surface area contributed by atoms with E-state index in [4.69, 9.17) is 10.5 Å². The Morgan fingerprint density at radius 2 is 1.96 bits per heavy atom. The first kappa shape index (κ1) is 19.0. The summed E-state index contributed by atoms with van der Waals surface area (Å²) in [6.45, 7) is 4.44. The van der Waals surface area contributed by atoms with Gasteiger partial charge in [0.25, 0.3) is 0 Å². The molecule has 0 spiro atoms. The van der Waals surface area contributed by atoms with E-state index in [0.29, 0.717) is 24.4 Å². The van der Waals surface area contributed by atoms with Crippen LogP contribution < -0.4 is 15.8 Å². The van der Waals surface area contributed by atoms with E-state index in [0.717, 1.165) is 12.8 Å². The highest BCUT2D eigenvalue weighted by atomic mass is 16.5. The second kappa shape index (κ2) is 9.84. The molecule has 0 bridgehead atoms. The van der Waals surface area contributed by atoms with E-state index in [2.05, 4.69) is 5.32 Å². The summed E-state index contributed by atoms with van der Waals surface area (Å²) in [5.74, 6) is 0.140. The maximum atomic E-state index is 12.3. The minimum Gasteiger partial charge on any atom is -0.495 e. The van der Waals surface area contributed by atoms with Crippen LogP contribution in [0.15, 0.2) is 24.3 Å². The van der Waals surface area contributed by atoms with Crippen LogP contribution in [-0.2, 0) is 9.59 Å². The highest BCUT2D eigenvalue weighted by Crippen LogP contribution is 2.22. The number of para-hydroxylation sites is 2. The predicted octanol–water partition coefficient (Wildman–Crippen LogP) is 2.00. The van der Waals surface area contributed by atoms with Crippen LogP contribution in [0.5, 0.6) is 5.75 Å². The number of hydrogen-bond acceptors (Lipinski definition) is 4. The van der Waals surface area contributed by atoms with Gasteiger partial charge in [-0.05, 0) is 25.0 Å². The number of hydrogen-bond donors (Lipinski definition) is 2. The van der Waals surface area contributed by atoms with Crippen LogP contribution >= 0.6 is 0 Å². The molecule has 2 amide bonds. The van der Waals surface area contributed by atoms with Crippen molar-refractivity contribution in [2.45, 2.75) is 39.2 Å². The molecule has 3 N–H and O–H groups in total. The molecular weight excluding hydrogens is 294 g/mol. The molecule has 0 radical (unpaired) electrons. The van der Waals surface area contributed by atoms with Crippen molar-refractivity contribution in [3.8, 4) is 5.75 Å². The fourth-order valence-electron chi connectivity index (χ4n) is 2.32. The second-order valence-electron chi connectivity index (χ2n) is 5.40. The van der Waals surface area contributed by atoms with Gasteiger partial charge in [-0.15, -0.1) is 0 Å². The number of nitrogens with zero attached hydrogens (tertiary/aromatic N) is 1. The minimum atomic E-state index is -0.550. The zero-order chi connectivity index (χ0) is 17.2. The molecule has 1 unspecified atom stereocenters. The molecule has 1 atom stereocenters. The Balaban J connectivity index is 2.72. The number of benzene rings is 1. The zero-order valence-electron chi connectivity index (χ0n) is 14.2. The molecule has 0 heterocycles. The Kier molecular flexibility index (Phi) is 8.11. The summed E-state index contributed by atoms with van der Waals surface area (Å²) in [5, 5.41) is 2.78. The lowest BCUT2D eigenvalue weighted by Gasteiger charge is -2.24. The summed E-state index contributed by atoms with van der Waals surface area (Å²) in [6, 6.07) is 6.61. The summed E-state index contributed by atoms with van der Waals surface area (Å²) in [4.78, 5) is 26.1. The predicted molar refractivity (Wildman–Crippen MR) is 91.4 cm³/mol. The van der Waals surface area contributed by atoms with Crippen LogP contribution in [-0.4, -0.2) is 43.0 Å². The quantitative estimate of drug-likeness (QED) is 0.728. The van der Waals surface area contributed by atoms with Gasteiger partial charge in [0.1, 0.15) is 5.75 Å². The first-order valence-corrected chi connectivity index (χ1v) is 8.00. The largest absolute Gasteiger partial charge is 0.495 e. The third-order valence-electron chi connectivity index (χ3n) is 3.44. The van der Waals surface area contributed by atoms with Crippen LogP contribution in [0.3, 0.4) is 0 Å². The number of nitrogens with one attached hydrogen (secondary N) is 1. The molecule has 1 aromatic rings. The third-order valence-corrected chi connectivity index (χ3v) is 3.44. The third kappa shape index (κ3) is 5.90. The monoisotopic (exact) mass is 321 g/mol. The molecule has 0 aliphatic heterocycles. The Hall–Kier alpha value is -2.08. The van der Waals surface area contributed by atoms with Crippen LogP contribution in [0.25, 0.3) is 0 Å². The number of carbonyl (C=O) groups excluding carboxylic acids is 2. The molecule has 0 aliphatic carbocycles. The van der Waals surface area contributed by atoms with Crippen molar-refractivity contribution in [3.05, 3.63) is 24.3 Å². The number of carbonyl (C=O) groups is 2. The molecule has 0 saturated heterocycles. The first-order chi connectivity index (χ1) is 11.0. The molecule has 23 heavy (non-hydrogen) atoms. The van der Waals surface area contributed by atoms with Crippen molar-refractivity contribution in [2.75, 3.05) is 25.5 Å². The number of rotatable bonds is 9. The Morgan fingerprint density at radius 1 is 1.26 bits per heavy atom. The molecule has 0 aromatic heterocycles. The Labute approximate surface area is 138 Å². The highest BCUT2D eigenvalue weighted by Gasteiger charge is 2.22. The lowest BCUT2D eigenvalue weighted by atomic mass is 10.1. The van der Waals surface area contributed by atoms with Gasteiger partial charge >= 0.3 is 0 Å². The van der Waals surface area contributed by atoms with Gasteiger partial charge in [0.05, 0.1) is 25.4 Å². The lowest BCUT2D eigenvalue weighted by molar-refractivity contribution is -0.136. The minimum absolute atomic E-state index is 0.0118. The van der Waals surface area contributed by atoms with Crippen LogP contribution in [0.4, 0.5) is 5.69 Å². The maximum absolute atomic E-state index is 12.3. The fourth-order valence-corrected chi connectivity index (χ4v) is 2.32. The molecular formula is C17H27N3O3. The summed E-state index contributed by atoms with van der Waals surface area (Å²) < 4.78 is 5.20. The number of methoxy groups -OCH3 is 1. The van der Waals surface area contributed by atoms with Crippen molar-refractivity contribution in [1.82, 2.24) is 4.90 Å². The summed E-state index contributed by atoms with van der Waals surface area (Å²) >= 11 is 0. The average Bonchev–Trinajstić information content (AvgIpc) is 2.54. The standard InChI is InChI=1S/C17H27N3O3/c1-4-8-13(18)17(22)20(11-5-2)12-16(21)19-14-9-6-7-10-15(14)23-3/h6-7,9-10,13H,4-5,8,11-12,18H2,1-3H3,(H,19,21). The van der Waals surface area contributed by atoms with E-state index in [1.54, 1.807) is 19.2 Å². The Morgan fingerprint density at radius 3 is 2.57 bits per heavy atom. The molecule has 6 nitrogen and oxygen atoms in total. The van der Waals surface area contributed by atoms with Crippen molar-refractivity contribution in [3.63, 3.8) is 0 Å². The zero-order valence-corrected chi connectivity index (χ0v) is 14.2. The van der Waals surface area contributed by atoms with Crippen molar-refractivity contribution < 1.29 is 14.3 Å². The van der Waals surface area contributed by atoms with Gasteiger partial charge < -0.3 is 20.7 Å². The van der Waals surface area contributed by atoms with Crippen LogP contribution in [0.2, 0.25) is 0 Å². The van der Waals surface area contributed by atoms with Gasteiger partial charge in [-0.1, -0.05) is 32.4 Å². The molecule has 1 rings (SSSR count). The summed E-state index contributed by atoms with van der Waals surface area (Å²) in [6.07, 6.45) is 2.22. The topological polar surface area (TPSA) is 84.7 Å². The molecule has 0 fully saturated rings. The number of ether oxygens (including phenoxy) is 1. The van der Waals surface area contributed by atoms with Gasteiger partial charge in [-0.2, -0.15) is 0 Å². The summed E-state index contributed by atoms with van der Waals surface area (Å²) in [7, 11) is 1.54. The van der Waals surface area contributed by atoms with Crippen LogP contribution in [0, 0.1) is 0 Å². The second-order valence-corrected chi connectivity index (χ2v) is 5.40. The first-order valence-electron chi connectivity index (χ1n) is 8.00. The molecule has 0 saturated carbocycles. The molecule has 128 valence electrons. The van der Waals surface area contributed by atoms with E-state index in [9.17, 15) is 9.59 Å². The van der Waals surface area contributed by atoms with E-state index in [1.807, 2.05) is 26.0 Å².